The fourth-order valence-corrected chi connectivity index (χ4v) is 3.23. The monoisotopic (exact) mass is 387 g/mol. The van der Waals surface area contributed by atoms with Gasteiger partial charge >= 0.3 is 10.7 Å². The molecule has 138 valence electrons. The summed E-state index contributed by atoms with van der Waals surface area (Å²) in [6, 6.07) is 11.7. The Morgan fingerprint density at radius 1 is 1.04 bits per heavy atom. The molecule has 3 rings (SSSR count). The number of fused-ring (bicyclic) bond motifs is 1. The number of hydrogen-bond acceptors (Lipinski definition) is 9. The summed E-state index contributed by atoms with van der Waals surface area (Å²) in [6.45, 7) is 0.368. The Morgan fingerprint density at radius 3 is 2.44 bits per heavy atom. The summed E-state index contributed by atoms with van der Waals surface area (Å²) < 4.78 is 0. The molecule has 2 N–H and O–H groups in total. The Kier molecular flexibility index (Phi) is 5.33. The lowest BCUT2D eigenvalue weighted by atomic mass is 10.1. The molecule has 0 fully saturated rings. The highest BCUT2D eigenvalue weighted by Gasteiger charge is 2.25. The third-order valence-corrected chi connectivity index (χ3v) is 4.59. The number of rotatable bonds is 7. The molecule has 0 bridgehead atoms. The Hall–Kier alpha value is -3.44. The molecule has 0 aliphatic carbocycles. The van der Waals surface area contributed by atoms with Crippen molar-refractivity contribution in [1.82, 2.24) is 0 Å². The van der Waals surface area contributed by atoms with Crippen molar-refractivity contribution >= 4 is 49.2 Å². The van der Waals surface area contributed by atoms with Crippen molar-refractivity contribution in [3.8, 4) is 0 Å². The maximum atomic E-state index is 11.1. The number of nitrogens with one attached hydrogen (secondary N) is 1. The third kappa shape index (κ3) is 3.88. The van der Waals surface area contributed by atoms with Crippen LogP contribution in [0.15, 0.2) is 52.7 Å². The molecular weight excluding hydrogens is 374 g/mol. The second-order valence-corrected chi connectivity index (χ2v) is 6.33. The Morgan fingerprint density at radius 2 is 1.78 bits per heavy atom. The highest BCUT2D eigenvalue weighted by atomic mass is 32.1. The Bertz CT molecular complexity index is 1050. The van der Waals surface area contributed by atoms with Crippen molar-refractivity contribution in [2.24, 2.45) is 10.2 Å². The van der Waals surface area contributed by atoms with Gasteiger partial charge in [0.15, 0.2) is 0 Å². The number of aliphatic hydroxyl groups is 1. The third-order valence-electron chi connectivity index (χ3n) is 3.63. The van der Waals surface area contributed by atoms with E-state index in [2.05, 4.69) is 15.5 Å². The first-order valence-electron chi connectivity index (χ1n) is 7.72. The van der Waals surface area contributed by atoms with Crippen molar-refractivity contribution in [3.05, 3.63) is 62.7 Å². The number of anilines is 1. The fourth-order valence-electron chi connectivity index (χ4n) is 2.47. The van der Waals surface area contributed by atoms with E-state index in [9.17, 15) is 20.2 Å². The van der Waals surface area contributed by atoms with Crippen LogP contribution in [0.2, 0.25) is 0 Å². The first kappa shape index (κ1) is 18.4. The predicted octanol–water partition coefficient (Wildman–Crippen LogP) is 4.54. The lowest BCUT2D eigenvalue weighted by molar-refractivity contribution is -0.389. The average Bonchev–Trinajstić information content (AvgIpc) is 3.10. The van der Waals surface area contributed by atoms with Crippen LogP contribution < -0.4 is 5.32 Å². The van der Waals surface area contributed by atoms with Crippen LogP contribution in [0.4, 0.5) is 27.1 Å². The SMILES string of the molecule is O=[N+]([O-])c1cc([N+](=O)[O-])c(N=Nc2ccc(NCCO)c3ccccc23)s1. The highest BCUT2D eigenvalue weighted by Crippen LogP contribution is 2.42. The van der Waals surface area contributed by atoms with Crippen molar-refractivity contribution in [2.45, 2.75) is 0 Å². The molecule has 27 heavy (non-hydrogen) atoms. The normalized spacial score (nSPS) is 11.1. The van der Waals surface area contributed by atoms with Crippen molar-refractivity contribution in [2.75, 3.05) is 18.5 Å². The smallest absolute Gasteiger partial charge is 0.333 e. The molecule has 0 radical (unpaired) electrons. The minimum absolute atomic E-state index is 0.0173. The quantitative estimate of drug-likeness (QED) is 0.346. The van der Waals surface area contributed by atoms with Gasteiger partial charge < -0.3 is 10.4 Å². The maximum absolute atomic E-state index is 11.1. The summed E-state index contributed by atoms with van der Waals surface area (Å²) in [5.41, 5.74) is 0.808. The lowest BCUT2D eigenvalue weighted by Gasteiger charge is -2.09. The average molecular weight is 387 g/mol. The van der Waals surface area contributed by atoms with Gasteiger partial charge in [0.1, 0.15) is 6.07 Å². The molecule has 0 spiro atoms. The van der Waals surface area contributed by atoms with Crippen molar-refractivity contribution in [3.63, 3.8) is 0 Å². The van der Waals surface area contributed by atoms with Gasteiger partial charge in [0.2, 0.25) is 5.00 Å². The lowest BCUT2D eigenvalue weighted by Crippen LogP contribution is -2.05. The summed E-state index contributed by atoms with van der Waals surface area (Å²) in [5.74, 6) is 0. The molecule has 0 unspecified atom stereocenters. The van der Waals surface area contributed by atoms with Crippen LogP contribution in [0, 0.1) is 20.2 Å². The molecule has 10 nitrogen and oxygen atoms in total. The molecule has 0 atom stereocenters. The summed E-state index contributed by atoms with van der Waals surface area (Å²) in [6.07, 6.45) is 0. The van der Waals surface area contributed by atoms with Crippen molar-refractivity contribution < 1.29 is 15.0 Å². The predicted molar refractivity (Wildman–Crippen MR) is 101 cm³/mol. The molecule has 3 aromatic rings. The summed E-state index contributed by atoms with van der Waals surface area (Å²) >= 11 is 0.594. The summed E-state index contributed by atoms with van der Waals surface area (Å²) in [4.78, 5) is 20.5. The number of azo groups is 1. The van der Waals surface area contributed by atoms with Crippen LogP contribution in [0.25, 0.3) is 10.8 Å². The van der Waals surface area contributed by atoms with E-state index in [4.69, 9.17) is 5.11 Å². The standard InChI is InChI=1S/C16H13N5O5S/c22-8-7-17-12-5-6-13(11-4-2-1-3-10(11)12)18-19-16-14(20(23)24)9-15(27-16)21(25)26/h1-6,9,17,22H,7-8H2. The fraction of sp³-hybridized carbons (Fsp3) is 0.125. The van der Waals surface area contributed by atoms with E-state index in [-0.39, 0.29) is 16.6 Å². The zero-order valence-electron chi connectivity index (χ0n) is 13.7. The van der Waals surface area contributed by atoms with Crippen LogP contribution in [0.3, 0.4) is 0 Å². The van der Waals surface area contributed by atoms with E-state index in [1.54, 1.807) is 12.1 Å². The van der Waals surface area contributed by atoms with E-state index in [0.717, 1.165) is 22.5 Å². The van der Waals surface area contributed by atoms with Gasteiger partial charge in [-0.3, -0.25) is 20.2 Å². The Labute approximate surface area is 156 Å². The number of benzene rings is 2. The van der Waals surface area contributed by atoms with Gasteiger partial charge in [-0.1, -0.05) is 24.3 Å². The van der Waals surface area contributed by atoms with Gasteiger partial charge in [0.25, 0.3) is 0 Å². The second kappa shape index (κ2) is 7.85. The molecule has 0 aliphatic rings. The van der Waals surface area contributed by atoms with Crippen LogP contribution >= 0.6 is 11.3 Å². The molecule has 0 saturated carbocycles. The van der Waals surface area contributed by atoms with Crippen molar-refractivity contribution in [1.29, 1.82) is 0 Å². The first-order valence-corrected chi connectivity index (χ1v) is 8.53. The molecular formula is C16H13N5O5S. The molecule has 0 saturated heterocycles. The topological polar surface area (TPSA) is 143 Å². The van der Waals surface area contributed by atoms with Crippen LogP contribution in [-0.4, -0.2) is 28.1 Å². The van der Waals surface area contributed by atoms with Gasteiger partial charge in [0.05, 0.1) is 22.1 Å². The Balaban J connectivity index is 2.02. The van der Waals surface area contributed by atoms with E-state index in [1.807, 2.05) is 24.3 Å². The van der Waals surface area contributed by atoms with Crippen LogP contribution in [-0.2, 0) is 0 Å². The molecule has 1 aromatic heterocycles. The molecule has 2 aromatic carbocycles. The largest absolute Gasteiger partial charge is 0.395 e. The van der Waals surface area contributed by atoms with E-state index < -0.39 is 15.5 Å². The minimum atomic E-state index is -0.724. The summed E-state index contributed by atoms with van der Waals surface area (Å²) in [7, 11) is 0. The van der Waals surface area contributed by atoms with E-state index in [1.165, 1.54) is 0 Å². The zero-order valence-corrected chi connectivity index (χ0v) is 14.5. The molecule has 1 heterocycles. The van der Waals surface area contributed by atoms with Gasteiger partial charge in [0, 0.05) is 23.0 Å². The number of hydrogen-bond donors (Lipinski definition) is 2. The minimum Gasteiger partial charge on any atom is -0.395 e. The number of nitrogens with zero attached hydrogens (tertiary/aromatic N) is 4. The highest BCUT2D eigenvalue weighted by molar-refractivity contribution is 7.19. The number of aliphatic hydroxyl groups excluding tert-OH is 1. The maximum Gasteiger partial charge on any atom is 0.333 e. The second-order valence-electron chi connectivity index (χ2n) is 5.32. The van der Waals surface area contributed by atoms with Gasteiger partial charge in [-0.15, -0.1) is 10.2 Å². The zero-order chi connectivity index (χ0) is 19.4. The van der Waals surface area contributed by atoms with E-state index in [0.29, 0.717) is 23.6 Å². The first-order chi connectivity index (χ1) is 13.0. The summed E-state index contributed by atoms with van der Waals surface area (Å²) in [5, 5.41) is 43.0. The van der Waals surface area contributed by atoms with Gasteiger partial charge in [-0.2, -0.15) is 0 Å². The molecule has 11 heteroatoms. The van der Waals surface area contributed by atoms with Crippen LogP contribution in [0.5, 0.6) is 0 Å². The molecule has 0 aliphatic heterocycles. The van der Waals surface area contributed by atoms with Gasteiger partial charge in [-0.25, -0.2) is 0 Å². The van der Waals surface area contributed by atoms with Crippen LogP contribution in [0.1, 0.15) is 0 Å². The van der Waals surface area contributed by atoms with Gasteiger partial charge in [-0.05, 0) is 23.5 Å². The molecule has 0 amide bonds. The number of thiophene rings is 1. The van der Waals surface area contributed by atoms with E-state index >= 15 is 0 Å². The number of nitro groups is 2.